The van der Waals surface area contributed by atoms with Gasteiger partial charge in [0, 0.05) is 12.8 Å². The first kappa shape index (κ1) is 7.95. The van der Waals surface area contributed by atoms with Crippen molar-refractivity contribution in [3.05, 3.63) is 0 Å². The number of rotatable bonds is 1. The molecule has 0 N–H and O–H groups in total. The Morgan fingerprint density at radius 2 is 2.00 bits per heavy atom. The van der Waals surface area contributed by atoms with Crippen molar-refractivity contribution in [3.63, 3.8) is 0 Å². The Kier molecular flexibility index (Phi) is 2.26. The first-order chi connectivity index (χ1) is 4.65. The SMILES string of the molecule is O=C(Cl)C1(F)CCOCC1. The molecular weight excluding hydrogens is 159 g/mol. The Bertz CT molecular complexity index is 143. The summed E-state index contributed by atoms with van der Waals surface area (Å²) in [4.78, 5) is 10.5. The average molecular weight is 167 g/mol. The Morgan fingerprint density at radius 1 is 1.50 bits per heavy atom. The van der Waals surface area contributed by atoms with Gasteiger partial charge in [-0.25, -0.2) is 4.39 Å². The molecule has 0 amide bonds. The largest absolute Gasteiger partial charge is 0.381 e. The summed E-state index contributed by atoms with van der Waals surface area (Å²) < 4.78 is 18.0. The smallest absolute Gasteiger partial charge is 0.259 e. The van der Waals surface area contributed by atoms with E-state index in [4.69, 9.17) is 16.3 Å². The van der Waals surface area contributed by atoms with Crippen LogP contribution in [0.25, 0.3) is 0 Å². The minimum Gasteiger partial charge on any atom is -0.381 e. The van der Waals surface area contributed by atoms with Crippen molar-refractivity contribution in [3.8, 4) is 0 Å². The minimum atomic E-state index is -1.82. The van der Waals surface area contributed by atoms with Crippen LogP contribution in [0.2, 0.25) is 0 Å². The third-order valence-corrected chi connectivity index (χ3v) is 1.98. The van der Waals surface area contributed by atoms with E-state index in [1.807, 2.05) is 0 Å². The van der Waals surface area contributed by atoms with E-state index in [0.717, 1.165) is 0 Å². The van der Waals surface area contributed by atoms with E-state index in [1.54, 1.807) is 0 Å². The average Bonchev–Trinajstić information content (AvgIpc) is 1.89. The lowest BCUT2D eigenvalue weighted by atomic mass is 9.98. The molecule has 4 heteroatoms. The van der Waals surface area contributed by atoms with Crippen molar-refractivity contribution in [2.24, 2.45) is 0 Å². The van der Waals surface area contributed by atoms with Gasteiger partial charge in [0.2, 0.25) is 0 Å². The molecule has 1 aliphatic heterocycles. The van der Waals surface area contributed by atoms with Crippen LogP contribution in [0, 0.1) is 0 Å². The zero-order valence-corrected chi connectivity index (χ0v) is 6.16. The molecule has 0 aromatic carbocycles. The standard InChI is InChI=1S/C6H8ClFO2/c7-5(9)6(8)1-3-10-4-2-6/h1-4H2. The molecule has 1 heterocycles. The van der Waals surface area contributed by atoms with Gasteiger partial charge in [0.1, 0.15) is 0 Å². The predicted octanol–water partition coefficient (Wildman–Crippen LogP) is 1.27. The minimum absolute atomic E-state index is 0.0926. The van der Waals surface area contributed by atoms with Gasteiger partial charge < -0.3 is 4.74 Å². The summed E-state index contributed by atoms with van der Waals surface area (Å²) in [5.74, 6) is 0. The highest BCUT2D eigenvalue weighted by atomic mass is 35.5. The van der Waals surface area contributed by atoms with Crippen molar-refractivity contribution >= 4 is 16.8 Å². The lowest BCUT2D eigenvalue weighted by Gasteiger charge is -2.25. The van der Waals surface area contributed by atoms with Crippen LogP contribution in [0.15, 0.2) is 0 Å². The van der Waals surface area contributed by atoms with Gasteiger partial charge in [0.15, 0.2) is 5.67 Å². The number of carbonyl (C=O) groups is 1. The molecule has 10 heavy (non-hydrogen) atoms. The summed E-state index contributed by atoms with van der Waals surface area (Å²) >= 11 is 5.03. The van der Waals surface area contributed by atoms with Crippen LogP contribution in [-0.2, 0) is 9.53 Å². The summed E-state index contributed by atoms with van der Waals surface area (Å²) in [6.07, 6.45) is 0.185. The maximum Gasteiger partial charge on any atom is 0.259 e. The molecule has 1 rings (SSSR count). The van der Waals surface area contributed by atoms with E-state index >= 15 is 0 Å². The fourth-order valence-corrected chi connectivity index (χ4v) is 1.08. The lowest BCUT2D eigenvalue weighted by molar-refractivity contribution is -0.128. The summed E-state index contributed by atoms with van der Waals surface area (Å²) in [5, 5.41) is -0.893. The summed E-state index contributed by atoms with van der Waals surface area (Å²) in [7, 11) is 0. The van der Waals surface area contributed by atoms with Gasteiger partial charge in [-0.05, 0) is 11.6 Å². The number of carbonyl (C=O) groups excluding carboxylic acids is 1. The van der Waals surface area contributed by atoms with Gasteiger partial charge in [0.05, 0.1) is 13.2 Å². The van der Waals surface area contributed by atoms with Crippen LogP contribution >= 0.6 is 11.6 Å². The van der Waals surface area contributed by atoms with Crippen LogP contribution in [0.4, 0.5) is 4.39 Å². The zero-order valence-electron chi connectivity index (χ0n) is 5.40. The van der Waals surface area contributed by atoms with Crippen molar-refractivity contribution in [1.82, 2.24) is 0 Å². The number of alkyl halides is 1. The van der Waals surface area contributed by atoms with Gasteiger partial charge in [-0.15, -0.1) is 0 Å². The molecule has 1 saturated heterocycles. The Balaban J connectivity index is 2.56. The van der Waals surface area contributed by atoms with Crippen molar-refractivity contribution in [1.29, 1.82) is 0 Å². The highest BCUT2D eigenvalue weighted by Gasteiger charge is 2.38. The molecule has 0 unspecified atom stereocenters. The van der Waals surface area contributed by atoms with Crippen molar-refractivity contribution in [2.45, 2.75) is 18.5 Å². The molecule has 0 aromatic rings. The van der Waals surface area contributed by atoms with Gasteiger partial charge >= 0.3 is 0 Å². The molecule has 1 fully saturated rings. The van der Waals surface area contributed by atoms with Crippen LogP contribution in [0.1, 0.15) is 12.8 Å². The van der Waals surface area contributed by atoms with E-state index < -0.39 is 10.9 Å². The third kappa shape index (κ3) is 1.47. The van der Waals surface area contributed by atoms with Crippen molar-refractivity contribution in [2.75, 3.05) is 13.2 Å². The van der Waals surface area contributed by atoms with Gasteiger partial charge in [-0.3, -0.25) is 4.79 Å². The second-order valence-corrected chi connectivity index (χ2v) is 2.69. The third-order valence-electron chi connectivity index (χ3n) is 1.64. The molecule has 0 saturated carbocycles. The molecule has 1 aliphatic rings. The molecule has 0 bridgehead atoms. The van der Waals surface area contributed by atoms with E-state index in [0.29, 0.717) is 0 Å². The maximum absolute atomic E-state index is 13.1. The Hall–Kier alpha value is -0.150. The van der Waals surface area contributed by atoms with Crippen LogP contribution in [0.3, 0.4) is 0 Å². The molecule has 0 aliphatic carbocycles. The number of ether oxygens (including phenoxy) is 1. The van der Waals surface area contributed by atoms with Crippen molar-refractivity contribution < 1.29 is 13.9 Å². The van der Waals surface area contributed by atoms with Crippen LogP contribution in [0.5, 0.6) is 0 Å². The normalized spacial score (nSPS) is 24.2. The first-order valence-corrected chi connectivity index (χ1v) is 3.49. The van der Waals surface area contributed by atoms with Gasteiger partial charge in [0.25, 0.3) is 5.24 Å². The number of halogens is 2. The second-order valence-electron chi connectivity index (χ2n) is 2.35. The molecule has 2 nitrogen and oxygen atoms in total. The highest BCUT2D eigenvalue weighted by Crippen LogP contribution is 2.27. The lowest BCUT2D eigenvalue weighted by Crippen LogP contribution is -2.37. The Morgan fingerprint density at radius 3 is 2.30 bits per heavy atom. The quantitative estimate of drug-likeness (QED) is 0.549. The monoisotopic (exact) mass is 166 g/mol. The van der Waals surface area contributed by atoms with E-state index in [-0.39, 0.29) is 26.1 Å². The fraction of sp³-hybridized carbons (Fsp3) is 0.833. The van der Waals surface area contributed by atoms with Crippen LogP contribution in [-0.4, -0.2) is 24.1 Å². The number of hydrogen-bond donors (Lipinski definition) is 0. The fourth-order valence-electron chi connectivity index (χ4n) is 0.892. The molecule has 0 atom stereocenters. The zero-order chi connectivity index (χ0) is 7.61. The first-order valence-electron chi connectivity index (χ1n) is 3.12. The molecular formula is C6H8ClFO2. The number of hydrogen-bond acceptors (Lipinski definition) is 2. The molecule has 0 spiro atoms. The van der Waals surface area contributed by atoms with E-state index in [9.17, 15) is 9.18 Å². The molecule has 58 valence electrons. The van der Waals surface area contributed by atoms with Gasteiger partial charge in [-0.2, -0.15) is 0 Å². The topological polar surface area (TPSA) is 26.3 Å². The molecule has 0 aromatic heterocycles. The van der Waals surface area contributed by atoms with E-state index in [2.05, 4.69) is 0 Å². The predicted molar refractivity (Wildman–Crippen MR) is 34.8 cm³/mol. The second kappa shape index (κ2) is 2.84. The summed E-state index contributed by atoms with van der Waals surface area (Å²) in [5.41, 5.74) is -1.82. The summed E-state index contributed by atoms with van der Waals surface area (Å²) in [6.45, 7) is 0.573. The summed E-state index contributed by atoms with van der Waals surface area (Å²) in [6, 6.07) is 0. The highest BCUT2D eigenvalue weighted by molar-refractivity contribution is 6.65. The van der Waals surface area contributed by atoms with E-state index in [1.165, 1.54) is 0 Å². The van der Waals surface area contributed by atoms with Crippen LogP contribution < -0.4 is 0 Å². The van der Waals surface area contributed by atoms with Gasteiger partial charge in [-0.1, -0.05) is 0 Å². The molecule has 0 radical (unpaired) electrons. The Labute approximate surface area is 63.3 Å². The maximum atomic E-state index is 13.1.